The molecular formula is C20H23N3O4. The number of benzene rings is 1. The normalized spacial score (nSPS) is 14.6. The summed E-state index contributed by atoms with van der Waals surface area (Å²) in [5.41, 5.74) is 0.0105. The summed E-state index contributed by atoms with van der Waals surface area (Å²) in [5, 5.41) is 2.75. The summed E-state index contributed by atoms with van der Waals surface area (Å²) < 4.78 is 8.23. The first-order chi connectivity index (χ1) is 12.9. The van der Waals surface area contributed by atoms with Gasteiger partial charge >= 0.3 is 5.69 Å². The first kappa shape index (κ1) is 18.7. The van der Waals surface area contributed by atoms with E-state index in [9.17, 15) is 14.4 Å². The number of nitrogens with one attached hydrogen (secondary N) is 1. The zero-order valence-corrected chi connectivity index (χ0v) is 15.5. The molecule has 1 N–H and O–H groups in total. The molecular weight excluding hydrogens is 346 g/mol. The molecule has 1 aromatic carbocycles. The Balaban J connectivity index is 1.68. The van der Waals surface area contributed by atoms with Gasteiger partial charge in [0.15, 0.2) is 0 Å². The molecule has 1 heterocycles. The van der Waals surface area contributed by atoms with E-state index in [-0.39, 0.29) is 17.6 Å². The molecule has 1 fully saturated rings. The molecule has 0 unspecified atom stereocenters. The standard InChI is InChI=1S/C20H23N3O4/c1-22-13-14(19(25)23(2)20(22)26)10-11-18(24)21-15-6-5-9-17(12-15)27-16-7-3-4-8-16/h5-6,9-13,16H,3-4,7-8H2,1-2H3,(H,21,24)/b11-10+. The number of anilines is 1. The highest BCUT2D eigenvalue weighted by Gasteiger charge is 2.16. The van der Waals surface area contributed by atoms with Gasteiger partial charge in [0.2, 0.25) is 5.91 Å². The van der Waals surface area contributed by atoms with Gasteiger partial charge in [0, 0.05) is 38.1 Å². The molecule has 0 atom stereocenters. The van der Waals surface area contributed by atoms with Crippen molar-refractivity contribution in [3.63, 3.8) is 0 Å². The molecule has 7 heteroatoms. The number of amides is 1. The van der Waals surface area contributed by atoms with Crippen LogP contribution in [0.5, 0.6) is 5.75 Å². The van der Waals surface area contributed by atoms with Crippen molar-refractivity contribution < 1.29 is 9.53 Å². The SMILES string of the molecule is Cn1cc(/C=C/C(=O)Nc2cccc(OC3CCCC3)c2)c(=O)n(C)c1=O. The van der Waals surface area contributed by atoms with Crippen LogP contribution in [0.4, 0.5) is 5.69 Å². The summed E-state index contributed by atoms with van der Waals surface area (Å²) in [7, 11) is 2.95. The number of hydrogen-bond acceptors (Lipinski definition) is 4. The maximum absolute atomic E-state index is 12.2. The molecule has 0 radical (unpaired) electrons. The van der Waals surface area contributed by atoms with Gasteiger partial charge in [-0.25, -0.2) is 4.79 Å². The molecule has 0 spiro atoms. The highest BCUT2D eigenvalue weighted by Crippen LogP contribution is 2.25. The van der Waals surface area contributed by atoms with E-state index in [1.807, 2.05) is 12.1 Å². The predicted octanol–water partition coefficient (Wildman–Crippen LogP) is 2.06. The van der Waals surface area contributed by atoms with Crippen molar-refractivity contribution in [1.82, 2.24) is 9.13 Å². The number of hydrogen-bond donors (Lipinski definition) is 1. The van der Waals surface area contributed by atoms with Gasteiger partial charge in [0.25, 0.3) is 5.56 Å². The first-order valence-corrected chi connectivity index (χ1v) is 8.96. The number of rotatable bonds is 5. The second-order valence-corrected chi connectivity index (χ2v) is 6.72. The van der Waals surface area contributed by atoms with Crippen molar-refractivity contribution >= 4 is 17.7 Å². The van der Waals surface area contributed by atoms with E-state index < -0.39 is 11.2 Å². The largest absolute Gasteiger partial charge is 0.490 e. The van der Waals surface area contributed by atoms with Gasteiger partial charge in [-0.1, -0.05) is 6.07 Å². The summed E-state index contributed by atoms with van der Waals surface area (Å²) in [5.74, 6) is 0.361. The molecule has 27 heavy (non-hydrogen) atoms. The van der Waals surface area contributed by atoms with Crippen LogP contribution >= 0.6 is 0 Å². The molecule has 0 aliphatic heterocycles. The van der Waals surface area contributed by atoms with Gasteiger partial charge in [0.1, 0.15) is 5.75 Å². The highest BCUT2D eigenvalue weighted by molar-refractivity contribution is 6.01. The number of carbonyl (C=O) groups excluding carboxylic acids is 1. The summed E-state index contributed by atoms with van der Waals surface area (Å²) in [4.78, 5) is 35.9. The third-order valence-corrected chi connectivity index (χ3v) is 4.59. The Morgan fingerprint density at radius 3 is 2.70 bits per heavy atom. The summed E-state index contributed by atoms with van der Waals surface area (Å²) in [6.07, 6.45) is 8.83. The average Bonchev–Trinajstić information content (AvgIpc) is 3.15. The van der Waals surface area contributed by atoms with Gasteiger partial charge in [0.05, 0.1) is 11.7 Å². The Bertz CT molecular complexity index is 981. The van der Waals surface area contributed by atoms with Crippen LogP contribution in [-0.2, 0) is 18.9 Å². The minimum atomic E-state index is -0.450. The quantitative estimate of drug-likeness (QED) is 0.818. The number of aryl methyl sites for hydroxylation is 1. The van der Waals surface area contributed by atoms with Gasteiger partial charge < -0.3 is 14.6 Å². The monoisotopic (exact) mass is 369 g/mol. The van der Waals surface area contributed by atoms with Crippen LogP contribution < -0.4 is 21.3 Å². The average molecular weight is 369 g/mol. The third kappa shape index (κ3) is 4.55. The molecule has 1 aliphatic rings. The van der Waals surface area contributed by atoms with Crippen LogP contribution in [0.15, 0.2) is 46.1 Å². The number of nitrogens with zero attached hydrogens (tertiary/aromatic N) is 2. The molecule has 1 saturated carbocycles. The van der Waals surface area contributed by atoms with Crippen molar-refractivity contribution in [2.24, 2.45) is 14.1 Å². The lowest BCUT2D eigenvalue weighted by molar-refractivity contribution is -0.111. The minimum absolute atomic E-state index is 0.247. The van der Waals surface area contributed by atoms with Crippen LogP contribution in [0.2, 0.25) is 0 Å². The van der Waals surface area contributed by atoms with Crippen molar-refractivity contribution in [2.75, 3.05) is 5.32 Å². The maximum atomic E-state index is 12.2. The first-order valence-electron chi connectivity index (χ1n) is 8.96. The van der Waals surface area contributed by atoms with Crippen molar-refractivity contribution in [3.8, 4) is 5.75 Å². The second kappa shape index (κ2) is 8.07. The lowest BCUT2D eigenvalue weighted by atomic mass is 10.2. The Morgan fingerprint density at radius 1 is 1.22 bits per heavy atom. The van der Waals surface area contributed by atoms with Gasteiger partial charge in [-0.05, 0) is 43.9 Å². The van der Waals surface area contributed by atoms with Crippen LogP contribution in [0.3, 0.4) is 0 Å². The molecule has 142 valence electrons. The Morgan fingerprint density at radius 2 is 1.96 bits per heavy atom. The highest BCUT2D eigenvalue weighted by atomic mass is 16.5. The fourth-order valence-electron chi connectivity index (χ4n) is 3.15. The zero-order valence-electron chi connectivity index (χ0n) is 15.5. The molecule has 3 rings (SSSR count). The predicted molar refractivity (Wildman–Crippen MR) is 104 cm³/mol. The van der Waals surface area contributed by atoms with Gasteiger partial charge in [-0.2, -0.15) is 0 Å². The van der Waals surface area contributed by atoms with Crippen molar-refractivity contribution in [1.29, 1.82) is 0 Å². The molecule has 7 nitrogen and oxygen atoms in total. The Hall–Kier alpha value is -3.09. The fourth-order valence-corrected chi connectivity index (χ4v) is 3.15. The Kier molecular flexibility index (Phi) is 5.59. The molecule has 1 amide bonds. The summed E-state index contributed by atoms with van der Waals surface area (Å²) >= 11 is 0. The lowest BCUT2D eigenvalue weighted by Crippen LogP contribution is -2.37. The van der Waals surface area contributed by atoms with E-state index in [0.717, 1.165) is 23.2 Å². The Labute approximate surface area is 156 Å². The van der Waals surface area contributed by atoms with Crippen LogP contribution in [-0.4, -0.2) is 21.1 Å². The number of carbonyl (C=O) groups is 1. The third-order valence-electron chi connectivity index (χ3n) is 4.59. The number of aromatic nitrogens is 2. The van der Waals surface area contributed by atoms with E-state index in [0.29, 0.717) is 5.69 Å². The molecule has 0 bridgehead atoms. The molecule has 2 aromatic rings. The minimum Gasteiger partial charge on any atom is -0.490 e. The molecule has 0 saturated heterocycles. The van der Waals surface area contributed by atoms with Gasteiger partial charge in [-0.15, -0.1) is 0 Å². The van der Waals surface area contributed by atoms with Crippen molar-refractivity contribution in [2.45, 2.75) is 31.8 Å². The van der Waals surface area contributed by atoms with E-state index in [4.69, 9.17) is 4.74 Å². The summed E-state index contributed by atoms with van der Waals surface area (Å²) in [6.45, 7) is 0. The molecule has 1 aromatic heterocycles. The maximum Gasteiger partial charge on any atom is 0.330 e. The zero-order chi connectivity index (χ0) is 19.4. The second-order valence-electron chi connectivity index (χ2n) is 6.72. The smallest absolute Gasteiger partial charge is 0.330 e. The lowest BCUT2D eigenvalue weighted by Gasteiger charge is -2.13. The molecule has 1 aliphatic carbocycles. The van der Waals surface area contributed by atoms with E-state index in [1.54, 1.807) is 19.2 Å². The van der Waals surface area contributed by atoms with Gasteiger partial charge in [-0.3, -0.25) is 14.2 Å². The number of ether oxygens (including phenoxy) is 1. The van der Waals surface area contributed by atoms with E-state index >= 15 is 0 Å². The van der Waals surface area contributed by atoms with E-state index in [2.05, 4.69) is 5.32 Å². The van der Waals surface area contributed by atoms with Crippen molar-refractivity contribution in [3.05, 3.63) is 62.9 Å². The van der Waals surface area contributed by atoms with Crippen LogP contribution in [0.25, 0.3) is 6.08 Å². The van der Waals surface area contributed by atoms with E-state index in [1.165, 1.54) is 42.8 Å². The summed E-state index contributed by atoms with van der Waals surface area (Å²) in [6, 6.07) is 7.26. The van der Waals surface area contributed by atoms with Crippen LogP contribution in [0.1, 0.15) is 31.2 Å². The van der Waals surface area contributed by atoms with Crippen LogP contribution in [0, 0.1) is 0 Å². The fraction of sp³-hybridized carbons (Fsp3) is 0.350. The topological polar surface area (TPSA) is 82.3 Å².